The van der Waals surface area contributed by atoms with E-state index < -0.39 is 6.10 Å². The zero-order chi connectivity index (χ0) is 17.3. The monoisotopic (exact) mass is 391 g/mol. The number of carbonyl (C=O) groups excluding carboxylic acids is 1. The van der Waals surface area contributed by atoms with E-state index in [0.29, 0.717) is 18.7 Å². The molecule has 0 bridgehead atoms. The summed E-state index contributed by atoms with van der Waals surface area (Å²) in [6.07, 6.45) is -0.391. The van der Waals surface area contributed by atoms with E-state index in [2.05, 4.69) is 31.1 Å². The fourth-order valence-corrected chi connectivity index (χ4v) is 3.71. The summed E-state index contributed by atoms with van der Waals surface area (Å²) < 4.78 is 3.06. The quantitative estimate of drug-likeness (QED) is 0.747. The van der Waals surface area contributed by atoms with E-state index in [9.17, 15) is 9.90 Å². The first kappa shape index (κ1) is 17.2. The number of nitrogens with one attached hydrogen (secondary N) is 2. The average Bonchev–Trinajstić information content (AvgIpc) is 3.09. The Morgan fingerprint density at radius 2 is 2.12 bits per heavy atom. The van der Waals surface area contributed by atoms with Crippen molar-refractivity contribution in [2.45, 2.75) is 20.0 Å². The second kappa shape index (κ2) is 7.09. The molecule has 1 aromatic heterocycles. The number of para-hydroxylation sites is 1. The Balaban J connectivity index is 1.81. The van der Waals surface area contributed by atoms with Crippen molar-refractivity contribution in [2.75, 3.05) is 19.6 Å². The number of β-amino-alcohol motifs (C(OH)–C–C–N with tert-alkyl or cyclic N) is 1. The summed E-state index contributed by atoms with van der Waals surface area (Å²) in [5, 5.41) is 15.9. The van der Waals surface area contributed by atoms with E-state index in [1.54, 1.807) is 0 Å². The lowest BCUT2D eigenvalue weighted by atomic mass is 10.1. The molecule has 6 heteroatoms. The maximum Gasteiger partial charge on any atom is 0.253 e. The van der Waals surface area contributed by atoms with Crippen LogP contribution in [0.4, 0.5) is 0 Å². The van der Waals surface area contributed by atoms with Gasteiger partial charge in [0, 0.05) is 41.4 Å². The topological polar surface area (TPSA) is 66.3 Å². The molecule has 1 aliphatic heterocycles. The molecule has 0 spiro atoms. The van der Waals surface area contributed by atoms with E-state index in [0.717, 1.165) is 28.1 Å². The van der Waals surface area contributed by atoms with E-state index in [-0.39, 0.29) is 11.8 Å². The van der Waals surface area contributed by atoms with Gasteiger partial charge in [0.2, 0.25) is 0 Å². The van der Waals surface area contributed by atoms with Gasteiger partial charge in [-0.25, -0.2) is 0 Å². The fraction of sp³-hybridized carbons (Fsp3) is 0.389. The van der Waals surface area contributed by atoms with Gasteiger partial charge >= 0.3 is 0 Å². The Labute approximate surface area is 150 Å². The molecule has 0 aliphatic carbocycles. The van der Waals surface area contributed by atoms with Crippen molar-refractivity contribution in [3.8, 4) is 5.69 Å². The molecule has 1 saturated heterocycles. The van der Waals surface area contributed by atoms with Crippen molar-refractivity contribution in [1.29, 1.82) is 0 Å². The maximum absolute atomic E-state index is 12.6. The zero-order valence-electron chi connectivity index (χ0n) is 13.8. The van der Waals surface area contributed by atoms with Gasteiger partial charge in [0.15, 0.2) is 0 Å². The molecule has 0 radical (unpaired) electrons. The summed E-state index contributed by atoms with van der Waals surface area (Å²) >= 11 is 3.57. The number of amides is 1. The fourth-order valence-electron chi connectivity index (χ4n) is 3.24. The molecule has 2 unspecified atom stereocenters. The third-order valence-electron chi connectivity index (χ3n) is 4.60. The predicted molar refractivity (Wildman–Crippen MR) is 97.6 cm³/mol. The third-order valence-corrected chi connectivity index (χ3v) is 5.27. The lowest BCUT2D eigenvalue weighted by molar-refractivity contribution is 0.0926. The summed E-state index contributed by atoms with van der Waals surface area (Å²) in [6, 6.07) is 9.87. The lowest BCUT2D eigenvalue weighted by Crippen LogP contribution is -2.34. The number of aliphatic hydroxyl groups excluding tert-OH is 1. The molecular weight excluding hydrogens is 370 g/mol. The zero-order valence-corrected chi connectivity index (χ0v) is 15.4. The van der Waals surface area contributed by atoms with Crippen molar-refractivity contribution in [3.63, 3.8) is 0 Å². The number of halogens is 1. The maximum atomic E-state index is 12.6. The van der Waals surface area contributed by atoms with Crippen LogP contribution in [-0.2, 0) is 0 Å². The molecule has 1 aliphatic rings. The van der Waals surface area contributed by atoms with E-state index in [4.69, 9.17) is 0 Å². The van der Waals surface area contributed by atoms with Crippen molar-refractivity contribution in [2.24, 2.45) is 5.92 Å². The minimum atomic E-state index is -0.391. The van der Waals surface area contributed by atoms with Gasteiger partial charge in [-0.15, -0.1) is 0 Å². The van der Waals surface area contributed by atoms with Crippen LogP contribution < -0.4 is 10.6 Å². The first-order chi connectivity index (χ1) is 11.5. The van der Waals surface area contributed by atoms with Gasteiger partial charge in [-0.05, 0) is 48.0 Å². The average molecular weight is 392 g/mol. The van der Waals surface area contributed by atoms with Crippen LogP contribution >= 0.6 is 15.9 Å². The summed E-state index contributed by atoms with van der Waals surface area (Å²) in [7, 11) is 0. The minimum absolute atomic E-state index is 0.0701. The number of rotatable bonds is 4. The van der Waals surface area contributed by atoms with Crippen LogP contribution in [0.5, 0.6) is 0 Å². The van der Waals surface area contributed by atoms with Crippen LogP contribution in [0, 0.1) is 19.8 Å². The third kappa shape index (κ3) is 3.27. The number of aliphatic hydroxyl groups is 1. The number of carbonyl (C=O) groups is 1. The van der Waals surface area contributed by atoms with Gasteiger partial charge in [-0.1, -0.05) is 12.1 Å². The summed E-state index contributed by atoms with van der Waals surface area (Å²) in [4.78, 5) is 12.6. The van der Waals surface area contributed by atoms with Crippen LogP contribution in [0.25, 0.3) is 5.69 Å². The summed E-state index contributed by atoms with van der Waals surface area (Å²) in [6.45, 7) is 5.75. The molecule has 1 fully saturated rings. The van der Waals surface area contributed by atoms with Crippen molar-refractivity contribution in [3.05, 3.63) is 51.8 Å². The van der Waals surface area contributed by atoms with Crippen LogP contribution in [0.1, 0.15) is 21.7 Å². The van der Waals surface area contributed by atoms with Gasteiger partial charge < -0.3 is 20.3 Å². The Kier molecular flexibility index (Phi) is 5.08. The highest BCUT2D eigenvalue weighted by Crippen LogP contribution is 2.26. The van der Waals surface area contributed by atoms with E-state index in [1.807, 2.05) is 44.2 Å². The Bertz CT molecular complexity index is 757. The van der Waals surface area contributed by atoms with Gasteiger partial charge in [0.05, 0.1) is 17.4 Å². The number of aryl methyl sites for hydroxylation is 1. The number of hydrogen-bond donors (Lipinski definition) is 3. The molecule has 1 amide bonds. The van der Waals surface area contributed by atoms with Crippen LogP contribution in [0.3, 0.4) is 0 Å². The van der Waals surface area contributed by atoms with Crippen LogP contribution in [0.2, 0.25) is 0 Å². The van der Waals surface area contributed by atoms with Crippen LogP contribution in [-0.4, -0.2) is 41.3 Å². The van der Waals surface area contributed by atoms with Crippen molar-refractivity contribution < 1.29 is 9.90 Å². The largest absolute Gasteiger partial charge is 0.391 e. The van der Waals surface area contributed by atoms with Gasteiger partial charge in [0.25, 0.3) is 5.91 Å². The van der Waals surface area contributed by atoms with E-state index >= 15 is 0 Å². The normalized spacial score (nSPS) is 20.3. The second-order valence-corrected chi connectivity index (χ2v) is 7.12. The number of hydrogen-bond acceptors (Lipinski definition) is 3. The smallest absolute Gasteiger partial charge is 0.253 e. The molecule has 3 N–H and O–H groups in total. The summed E-state index contributed by atoms with van der Waals surface area (Å²) in [5.41, 5.74) is 3.60. The molecule has 128 valence electrons. The molecular formula is C18H22BrN3O2. The standard InChI is InChI=1S/C18H22BrN3O2/c1-11-7-14(18(24)21-9-13-8-20-10-17(13)23)12(2)22(11)16-6-4-3-5-15(16)19/h3-7,13,17,20,23H,8-10H2,1-2H3,(H,21,24). The first-order valence-corrected chi connectivity index (χ1v) is 8.89. The highest BCUT2D eigenvalue weighted by Gasteiger charge is 2.26. The number of aromatic nitrogens is 1. The Hall–Kier alpha value is -1.63. The Morgan fingerprint density at radius 3 is 2.79 bits per heavy atom. The predicted octanol–water partition coefficient (Wildman–Crippen LogP) is 2.17. The van der Waals surface area contributed by atoms with Gasteiger partial charge in [-0.2, -0.15) is 0 Å². The van der Waals surface area contributed by atoms with Gasteiger partial charge in [-0.3, -0.25) is 4.79 Å². The molecule has 0 saturated carbocycles. The second-order valence-electron chi connectivity index (χ2n) is 6.27. The molecule has 2 atom stereocenters. The molecule has 3 rings (SSSR count). The van der Waals surface area contributed by atoms with Crippen molar-refractivity contribution in [1.82, 2.24) is 15.2 Å². The lowest BCUT2D eigenvalue weighted by Gasteiger charge is -2.14. The molecule has 24 heavy (non-hydrogen) atoms. The highest BCUT2D eigenvalue weighted by atomic mass is 79.9. The SMILES string of the molecule is Cc1cc(C(=O)NCC2CNCC2O)c(C)n1-c1ccccc1Br. The molecule has 2 aromatic rings. The van der Waals surface area contributed by atoms with Crippen molar-refractivity contribution >= 4 is 21.8 Å². The van der Waals surface area contributed by atoms with E-state index in [1.165, 1.54) is 0 Å². The Morgan fingerprint density at radius 1 is 1.38 bits per heavy atom. The minimum Gasteiger partial charge on any atom is -0.391 e. The molecule has 2 heterocycles. The number of benzene rings is 1. The molecule has 5 nitrogen and oxygen atoms in total. The van der Waals surface area contributed by atoms with Crippen LogP contribution in [0.15, 0.2) is 34.8 Å². The highest BCUT2D eigenvalue weighted by molar-refractivity contribution is 9.10. The first-order valence-electron chi connectivity index (χ1n) is 8.10. The summed E-state index contributed by atoms with van der Waals surface area (Å²) in [5.74, 6) is -0.0267. The molecule has 1 aromatic carbocycles. The number of nitrogens with zero attached hydrogens (tertiary/aromatic N) is 1. The van der Waals surface area contributed by atoms with Gasteiger partial charge in [0.1, 0.15) is 0 Å².